The molecule has 1 aliphatic carbocycles. The number of sulfone groups is 1. The van der Waals surface area contributed by atoms with Crippen LogP contribution in [-0.4, -0.2) is 73.6 Å². The maximum absolute atomic E-state index is 13.9. The van der Waals surface area contributed by atoms with Crippen LogP contribution in [0.25, 0.3) is 17.0 Å². The Bertz CT molecular complexity index is 1420. The molecule has 0 amide bonds. The molecule has 10 nitrogen and oxygen atoms in total. The van der Waals surface area contributed by atoms with Crippen LogP contribution in [0.5, 0.6) is 5.75 Å². The van der Waals surface area contributed by atoms with Crippen LogP contribution < -0.4 is 15.0 Å². The molecule has 12 heteroatoms. The Morgan fingerprint density at radius 1 is 1.17 bits per heavy atom. The quantitative estimate of drug-likeness (QED) is 0.575. The lowest BCUT2D eigenvalue weighted by atomic mass is 9.81. The molecule has 1 atom stereocenters. The predicted octanol–water partition coefficient (Wildman–Crippen LogP) is 2.41. The average Bonchev–Trinajstić information content (AvgIpc) is 2.97. The molecular weight excluding hydrogens is 475 g/mol. The van der Waals surface area contributed by atoms with E-state index in [1.165, 1.54) is 18.4 Å². The normalized spacial score (nSPS) is 21.5. The van der Waals surface area contributed by atoms with Crippen molar-refractivity contribution in [1.29, 1.82) is 0 Å². The van der Waals surface area contributed by atoms with Crippen LogP contribution >= 0.6 is 0 Å². The van der Waals surface area contributed by atoms with E-state index in [9.17, 15) is 12.8 Å². The molecule has 1 saturated heterocycles. The lowest BCUT2D eigenvalue weighted by Gasteiger charge is -2.43. The number of nitrogens with one attached hydrogen (secondary N) is 1. The van der Waals surface area contributed by atoms with Crippen molar-refractivity contribution in [3.63, 3.8) is 0 Å². The smallest absolute Gasteiger partial charge is 0.239 e. The lowest BCUT2D eigenvalue weighted by molar-refractivity contribution is 0.114. The molecule has 2 fully saturated rings. The second kappa shape index (κ2) is 8.02. The lowest BCUT2D eigenvalue weighted by Crippen LogP contribution is -2.48. The average molecular weight is 503 g/mol. The van der Waals surface area contributed by atoms with E-state index in [1.54, 1.807) is 17.7 Å². The van der Waals surface area contributed by atoms with Gasteiger partial charge in [-0.15, -0.1) is 0 Å². The number of nitrogens with zero attached hydrogens (tertiary/aromatic N) is 5. The van der Waals surface area contributed by atoms with Crippen molar-refractivity contribution in [2.45, 2.75) is 36.5 Å². The molecule has 1 N–H and O–H groups in total. The molecule has 0 unspecified atom stereocenters. The van der Waals surface area contributed by atoms with Crippen molar-refractivity contribution in [2.24, 2.45) is 0 Å². The summed E-state index contributed by atoms with van der Waals surface area (Å²) in [7, 11) is -1.79. The number of rotatable bonds is 4. The number of fused-ring (bicyclic) bond motifs is 4. The van der Waals surface area contributed by atoms with E-state index in [2.05, 4.69) is 15.2 Å². The van der Waals surface area contributed by atoms with Crippen LogP contribution in [0.2, 0.25) is 0 Å². The van der Waals surface area contributed by atoms with Gasteiger partial charge < -0.3 is 19.7 Å². The van der Waals surface area contributed by atoms with Gasteiger partial charge in [0.1, 0.15) is 22.9 Å². The highest BCUT2D eigenvalue weighted by Crippen LogP contribution is 2.52. The predicted molar refractivity (Wildman–Crippen MR) is 129 cm³/mol. The highest BCUT2D eigenvalue weighted by atomic mass is 32.2. The van der Waals surface area contributed by atoms with Gasteiger partial charge >= 0.3 is 0 Å². The second-order valence-electron chi connectivity index (χ2n) is 9.39. The SMILES string of the molecule is CNc1nc2cc(F)ccc2n1-c1nc2c(c(C3(S(C)(=O)=O)CCC3)n1)OC[C@@H]1COCCCN21. The van der Waals surface area contributed by atoms with Crippen LogP contribution in [-0.2, 0) is 19.3 Å². The van der Waals surface area contributed by atoms with Crippen LogP contribution in [0, 0.1) is 5.82 Å². The summed E-state index contributed by atoms with van der Waals surface area (Å²) >= 11 is 0. The third-order valence-electron chi connectivity index (χ3n) is 7.31. The molecular formula is C23H27FN6O4S. The zero-order valence-electron chi connectivity index (χ0n) is 19.6. The zero-order valence-corrected chi connectivity index (χ0v) is 20.4. The number of imidazole rings is 1. The molecule has 186 valence electrons. The molecule has 0 bridgehead atoms. The number of hydrogen-bond donors (Lipinski definition) is 1. The van der Waals surface area contributed by atoms with Crippen molar-refractivity contribution in [3.05, 3.63) is 29.7 Å². The van der Waals surface area contributed by atoms with Gasteiger partial charge in [-0.2, -0.15) is 4.98 Å². The first kappa shape index (κ1) is 22.5. The van der Waals surface area contributed by atoms with Crippen LogP contribution in [0.3, 0.4) is 0 Å². The van der Waals surface area contributed by atoms with Crippen molar-refractivity contribution < 1.29 is 22.3 Å². The number of anilines is 2. The highest BCUT2D eigenvalue weighted by Gasteiger charge is 2.53. The van der Waals surface area contributed by atoms with Crippen molar-refractivity contribution >= 4 is 32.6 Å². The minimum atomic E-state index is -3.50. The van der Waals surface area contributed by atoms with E-state index in [0.29, 0.717) is 73.5 Å². The summed E-state index contributed by atoms with van der Waals surface area (Å²) in [5.74, 6) is 1.28. The van der Waals surface area contributed by atoms with E-state index < -0.39 is 20.4 Å². The monoisotopic (exact) mass is 502 g/mol. The summed E-state index contributed by atoms with van der Waals surface area (Å²) < 4.78 is 52.7. The fourth-order valence-electron chi connectivity index (χ4n) is 5.29. The van der Waals surface area contributed by atoms with Gasteiger partial charge in [0.05, 0.1) is 23.7 Å². The van der Waals surface area contributed by atoms with Gasteiger partial charge in [0.25, 0.3) is 0 Å². The highest BCUT2D eigenvalue weighted by molar-refractivity contribution is 7.91. The summed E-state index contributed by atoms with van der Waals surface area (Å²) in [5.41, 5.74) is 1.44. The molecule has 4 heterocycles. The first-order valence-electron chi connectivity index (χ1n) is 11.8. The van der Waals surface area contributed by atoms with Gasteiger partial charge in [0, 0.05) is 32.5 Å². The van der Waals surface area contributed by atoms with Crippen LogP contribution in [0.4, 0.5) is 16.2 Å². The maximum Gasteiger partial charge on any atom is 0.239 e. The minimum Gasteiger partial charge on any atom is -0.486 e. The standard InChI is InChI=1S/C23H27FN6O4S/c1-25-21-26-16-11-14(24)5-6-17(16)30(21)22-27-19(23(7-3-8-23)35(2,31)32)18-20(28-22)29-9-4-10-33-12-15(29)13-34-18/h5-6,11,15H,3-4,7-10,12-13H2,1-2H3,(H,25,26)/t15-/m0/s1. The fourth-order valence-corrected chi connectivity index (χ4v) is 6.81. The summed E-state index contributed by atoms with van der Waals surface area (Å²) in [6.07, 6.45) is 3.81. The summed E-state index contributed by atoms with van der Waals surface area (Å²) in [6.45, 7) is 2.22. The Kier molecular flexibility index (Phi) is 5.15. The molecule has 0 spiro atoms. The largest absolute Gasteiger partial charge is 0.486 e. The molecule has 0 radical (unpaired) electrons. The molecule has 1 saturated carbocycles. The molecule has 2 aliphatic heterocycles. The Morgan fingerprint density at radius 2 is 2.00 bits per heavy atom. The Balaban J connectivity index is 1.64. The van der Waals surface area contributed by atoms with E-state index in [-0.39, 0.29) is 12.0 Å². The third-order valence-corrected chi connectivity index (χ3v) is 9.33. The number of aromatic nitrogens is 4. The Labute approximate surface area is 202 Å². The van der Waals surface area contributed by atoms with E-state index in [0.717, 1.165) is 12.8 Å². The van der Waals surface area contributed by atoms with Gasteiger partial charge in [0.15, 0.2) is 21.4 Å². The van der Waals surface area contributed by atoms with E-state index >= 15 is 0 Å². The zero-order chi connectivity index (χ0) is 24.4. The molecule has 6 rings (SSSR count). The Morgan fingerprint density at radius 3 is 2.71 bits per heavy atom. The van der Waals surface area contributed by atoms with Gasteiger partial charge in [-0.3, -0.25) is 0 Å². The minimum absolute atomic E-state index is 0.0337. The number of benzene rings is 1. The molecule has 1 aromatic carbocycles. The van der Waals surface area contributed by atoms with Gasteiger partial charge in [-0.25, -0.2) is 27.3 Å². The van der Waals surface area contributed by atoms with Crippen molar-refractivity contribution in [3.8, 4) is 11.7 Å². The van der Waals surface area contributed by atoms with Crippen molar-refractivity contribution in [1.82, 2.24) is 19.5 Å². The topological polar surface area (TPSA) is 111 Å². The van der Waals surface area contributed by atoms with Crippen LogP contribution in [0.15, 0.2) is 18.2 Å². The van der Waals surface area contributed by atoms with Gasteiger partial charge in [0.2, 0.25) is 11.9 Å². The van der Waals surface area contributed by atoms with Gasteiger partial charge in [-0.05, 0) is 37.8 Å². The molecule has 3 aliphatic rings. The fraction of sp³-hybridized carbons (Fsp3) is 0.522. The number of hydrogen-bond acceptors (Lipinski definition) is 9. The third kappa shape index (κ3) is 3.37. The van der Waals surface area contributed by atoms with Crippen LogP contribution in [0.1, 0.15) is 31.4 Å². The maximum atomic E-state index is 13.9. The second-order valence-corrected chi connectivity index (χ2v) is 11.7. The first-order valence-corrected chi connectivity index (χ1v) is 13.7. The summed E-state index contributed by atoms with van der Waals surface area (Å²) in [5, 5.41) is 3.03. The first-order chi connectivity index (χ1) is 16.8. The Hall–Kier alpha value is -2.99. The van der Waals surface area contributed by atoms with E-state index in [1.807, 2.05) is 0 Å². The molecule has 35 heavy (non-hydrogen) atoms. The van der Waals surface area contributed by atoms with E-state index in [4.69, 9.17) is 19.4 Å². The molecule has 3 aromatic rings. The number of halogens is 1. The van der Waals surface area contributed by atoms with Gasteiger partial charge in [-0.1, -0.05) is 0 Å². The molecule has 2 aromatic heterocycles. The summed E-state index contributed by atoms with van der Waals surface area (Å²) in [6, 6.07) is 4.29. The number of ether oxygens (including phenoxy) is 2. The summed E-state index contributed by atoms with van der Waals surface area (Å²) in [4.78, 5) is 16.4. The van der Waals surface area contributed by atoms with Crippen molar-refractivity contribution in [2.75, 3.05) is 49.9 Å².